The van der Waals surface area contributed by atoms with Crippen molar-refractivity contribution in [2.24, 2.45) is 23.7 Å². The zero-order valence-electron chi connectivity index (χ0n) is 26.7. The second kappa shape index (κ2) is 13.3. The maximum atomic E-state index is 6.21. The smallest absolute Gasteiger partial charge is 0.201 e. The summed E-state index contributed by atoms with van der Waals surface area (Å²) in [7, 11) is 5.97. The zero-order chi connectivity index (χ0) is 29.5. The molecule has 0 amide bonds. The van der Waals surface area contributed by atoms with Crippen LogP contribution in [0.2, 0.25) is 0 Å². The zero-order valence-corrected chi connectivity index (χ0v) is 27.5. The summed E-state index contributed by atoms with van der Waals surface area (Å²) in [6.07, 6.45) is 9.42. The number of hydrogen-bond acceptors (Lipinski definition) is 6. The molecule has 0 N–H and O–H groups in total. The van der Waals surface area contributed by atoms with Gasteiger partial charge in [0.15, 0.2) is 18.2 Å². The van der Waals surface area contributed by atoms with Gasteiger partial charge >= 0.3 is 0 Å². The second-order valence-corrected chi connectivity index (χ2v) is 13.5. The maximum Gasteiger partial charge on any atom is 0.201 e. The third kappa shape index (κ3) is 6.09. The van der Waals surface area contributed by atoms with E-state index in [2.05, 4.69) is 87.4 Å². The highest BCUT2D eigenvalue weighted by atomic mass is 35.5. The summed E-state index contributed by atoms with van der Waals surface area (Å²) in [5, 5.41) is 0. The molecule has 0 aromatic heterocycles. The summed E-state index contributed by atoms with van der Waals surface area (Å²) in [4.78, 5) is 14.0. The standard InChI is InChI=1S/C20H23N.C16H26O5.ClH/c1-21(2)15-7-12-20-18-10-5-3-8-16(18)13-14-17-9-4-6-11-19(17)20;1-9-5-6-12-10(2)13(17-4)18-14-16(12)11(9)7-8-15(3,19-14)20-21-16;/h3-6,8-12H,7,13-15H2,1-2H3;9-14H,5-8H2,1-4H3;1H/t;9-,10-,11+,12+,13+,14-,15+,16?;/m.1./s1. The van der Waals surface area contributed by atoms with E-state index in [1.54, 1.807) is 7.11 Å². The first-order valence-electron chi connectivity index (χ1n) is 16.0. The number of methoxy groups -OCH3 is 1. The Hall–Kier alpha value is -1.77. The van der Waals surface area contributed by atoms with Crippen LogP contribution in [0.3, 0.4) is 0 Å². The average molecular weight is 612 g/mol. The van der Waals surface area contributed by atoms with Crippen LogP contribution in [0.25, 0.3) is 5.57 Å². The molecule has 1 unspecified atom stereocenters. The molecular formula is C36H50ClNO5. The molecular weight excluding hydrogens is 562 g/mol. The van der Waals surface area contributed by atoms with Gasteiger partial charge in [-0.2, -0.15) is 0 Å². The van der Waals surface area contributed by atoms with E-state index in [0.717, 1.165) is 45.1 Å². The van der Waals surface area contributed by atoms with E-state index in [0.29, 0.717) is 17.8 Å². The Morgan fingerprint density at radius 1 is 0.907 bits per heavy atom. The van der Waals surface area contributed by atoms with Crippen molar-refractivity contribution in [2.75, 3.05) is 27.7 Å². The molecule has 43 heavy (non-hydrogen) atoms. The van der Waals surface area contributed by atoms with E-state index in [4.69, 9.17) is 24.0 Å². The SMILES string of the molecule is CN(C)CCC=C1c2ccccc2CCc2ccccc21.CO[C@H]1O[C@@H]2O[C@]3(C)CC[C@H]4[C@H](C)CC[C@@H]([C@H]1C)C24OO3.Cl. The number of halogens is 1. The third-order valence-corrected chi connectivity index (χ3v) is 10.5. The van der Waals surface area contributed by atoms with Gasteiger partial charge in [0, 0.05) is 31.9 Å². The Bertz CT molecular complexity index is 1230. The number of fused-ring (bicyclic) bond motifs is 4. The molecule has 6 nitrogen and oxygen atoms in total. The predicted octanol–water partition coefficient (Wildman–Crippen LogP) is 7.43. The monoisotopic (exact) mass is 611 g/mol. The molecule has 8 rings (SSSR count). The second-order valence-electron chi connectivity index (χ2n) is 13.5. The fraction of sp³-hybridized carbons (Fsp3) is 0.611. The van der Waals surface area contributed by atoms with Gasteiger partial charge in [0.05, 0.1) is 0 Å². The lowest BCUT2D eigenvalue weighted by atomic mass is 9.58. The van der Waals surface area contributed by atoms with Crippen molar-refractivity contribution in [1.82, 2.24) is 4.90 Å². The van der Waals surface area contributed by atoms with Gasteiger partial charge in [-0.15, -0.1) is 12.4 Å². The van der Waals surface area contributed by atoms with Gasteiger partial charge in [0.1, 0.15) is 0 Å². The molecule has 1 saturated carbocycles. The van der Waals surface area contributed by atoms with E-state index >= 15 is 0 Å². The number of hydrogen-bond donors (Lipinski definition) is 0. The highest BCUT2D eigenvalue weighted by molar-refractivity contribution is 5.85. The molecule has 0 radical (unpaired) electrons. The molecule has 8 atom stereocenters. The van der Waals surface area contributed by atoms with Crippen molar-refractivity contribution in [1.29, 1.82) is 0 Å². The summed E-state index contributed by atoms with van der Waals surface area (Å²) >= 11 is 0. The van der Waals surface area contributed by atoms with Gasteiger partial charge in [0.25, 0.3) is 0 Å². The van der Waals surface area contributed by atoms with Crippen LogP contribution in [0.15, 0.2) is 54.6 Å². The first kappa shape index (κ1) is 32.6. The van der Waals surface area contributed by atoms with E-state index in [1.807, 2.05) is 6.92 Å². The van der Waals surface area contributed by atoms with Crippen LogP contribution < -0.4 is 0 Å². The Morgan fingerprint density at radius 2 is 1.56 bits per heavy atom. The summed E-state index contributed by atoms with van der Waals surface area (Å²) in [6.45, 7) is 7.55. The number of ether oxygens (including phenoxy) is 3. The number of benzene rings is 2. The first-order valence-corrected chi connectivity index (χ1v) is 16.0. The van der Waals surface area contributed by atoms with Gasteiger partial charge in [-0.1, -0.05) is 68.5 Å². The van der Waals surface area contributed by atoms with Crippen LogP contribution in [0.4, 0.5) is 0 Å². The molecule has 4 heterocycles. The van der Waals surface area contributed by atoms with Crippen molar-refractivity contribution in [3.63, 3.8) is 0 Å². The van der Waals surface area contributed by atoms with E-state index in [9.17, 15) is 0 Å². The normalized spacial score (nSPS) is 35.7. The molecule has 2 bridgehead atoms. The van der Waals surface area contributed by atoms with Crippen molar-refractivity contribution in [3.05, 3.63) is 76.9 Å². The lowest BCUT2D eigenvalue weighted by Gasteiger charge is -2.60. The molecule has 4 aliphatic heterocycles. The van der Waals surface area contributed by atoms with Crippen LogP contribution in [0.1, 0.15) is 75.1 Å². The molecule has 2 aliphatic carbocycles. The van der Waals surface area contributed by atoms with E-state index in [-0.39, 0.29) is 24.6 Å². The quantitative estimate of drug-likeness (QED) is 0.335. The first-order chi connectivity index (χ1) is 20.3. The summed E-state index contributed by atoms with van der Waals surface area (Å²) in [5.74, 6) is 0.953. The average Bonchev–Trinajstić information content (AvgIpc) is 3.31. The van der Waals surface area contributed by atoms with Crippen molar-refractivity contribution < 1.29 is 24.0 Å². The Kier molecular flexibility index (Phi) is 10.1. The number of aryl methyl sites for hydroxylation is 2. The van der Waals surface area contributed by atoms with Crippen molar-refractivity contribution in [3.8, 4) is 0 Å². The molecule has 2 aromatic carbocycles. The van der Waals surface area contributed by atoms with Crippen LogP contribution in [0, 0.1) is 23.7 Å². The summed E-state index contributed by atoms with van der Waals surface area (Å²) in [5.41, 5.74) is 6.74. The maximum absolute atomic E-state index is 6.21. The van der Waals surface area contributed by atoms with Crippen LogP contribution in [-0.4, -0.2) is 56.6 Å². The minimum atomic E-state index is -0.698. The number of rotatable bonds is 4. The van der Waals surface area contributed by atoms with Gasteiger partial charge in [-0.25, -0.2) is 9.78 Å². The van der Waals surface area contributed by atoms with Gasteiger partial charge in [0.2, 0.25) is 5.79 Å². The molecule has 4 saturated heterocycles. The minimum absolute atomic E-state index is 0. The molecule has 5 fully saturated rings. The lowest BCUT2D eigenvalue weighted by Crippen LogP contribution is -2.70. The van der Waals surface area contributed by atoms with E-state index < -0.39 is 17.7 Å². The van der Waals surface area contributed by atoms with Crippen LogP contribution in [0.5, 0.6) is 0 Å². The molecule has 1 spiro atoms. The van der Waals surface area contributed by atoms with Gasteiger partial charge in [-0.3, -0.25) is 0 Å². The summed E-state index contributed by atoms with van der Waals surface area (Å²) < 4.78 is 17.9. The largest absolute Gasteiger partial charge is 0.355 e. The Balaban J connectivity index is 0.000000167. The minimum Gasteiger partial charge on any atom is -0.355 e. The van der Waals surface area contributed by atoms with Crippen molar-refractivity contribution in [2.45, 2.75) is 89.7 Å². The van der Waals surface area contributed by atoms with E-state index in [1.165, 1.54) is 34.2 Å². The fourth-order valence-corrected chi connectivity index (χ4v) is 8.25. The lowest BCUT2D eigenvalue weighted by molar-refractivity contribution is -0.577. The number of nitrogens with zero attached hydrogens (tertiary/aromatic N) is 1. The highest BCUT2D eigenvalue weighted by Crippen LogP contribution is 2.60. The van der Waals surface area contributed by atoms with Gasteiger partial charge < -0.3 is 19.1 Å². The third-order valence-electron chi connectivity index (χ3n) is 10.5. The van der Waals surface area contributed by atoms with Gasteiger partial charge in [-0.05, 0) is 99.2 Å². The van der Waals surface area contributed by atoms with Crippen molar-refractivity contribution >= 4 is 18.0 Å². The highest BCUT2D eigenvalue weighted by Gasteiger charge is 2.69. The Labute approximate surface area is 264 Å². The van der Waals surface area contributed by atoms with Crippen LogP contribution >= 0.6 is 12.4 Å². The fourth-order valence-electron chi connectivity index (χ4n) is 8.25. The summed E-state index contributed by atoms with van der Waals surface area (Å²) in [6, 6.07) is 17.7. The van der Waals surface area contributed by atoms with Crippen LogP contribution in [-0.2, 0) is 36.8 Å². The molecule has 6 aliphatic rings. The molecule has 7 heteroatoms. The molecule has 2 aromatic rings. The molecule has 236 valence electrons. The predicted molar refractivity (Wildman–Crippen MR) is 172 cm³/mol. The Morgan fingerprint density at radius 3 is 2.19 bits per heavy atom. The topological polar surface area (TPSA) is 49.4 Å².